The van der Waals surface area contributed by atoms with E-state index in [2.05, 4.69) is 44.2 Å². The van der Waals surface area contributed by atoms with Crippen LogP contribution < -0.4 is 4.74 Å². The third-order valence-electron chi connectivity index (χ3n) is 6.76. The van der Waals surface area contributed by atoms with Gasteiger partial charge in [0.25, 0.3) is 0 Å². The molecular weight excluding hydrogens is 443 g/mol. The molecule has 34 heavy (non-hydrogen) atoms. The molecule has 0 N–H and O–H groups in total. The van der Waals surface area contributed by atoms with Crippen LogP contribution in [0.25, 0.3) is 27.8 Å². The second-order valence-corrected chi connectivity index (χ2v) is 9.79. The molecule has 178 valence electrons. The van der Waals surface area contributed by atoms with E-state index in [4.69, 9.17) is 16.3 Å². The number of benzene rings is 3. The predicted molar refractivity (Wildman–Crippen MR) is 143 cm³/mol. The molecule has 0 aromatic heterocycles. The van der Waals surface area contributed by atoms with Crippen LogP contribution in [-0.4, -0.2) is 6.61 Å². The molecule has 1 aliphatic rings. The maximum Gasteiger partial charge on any atom is 0.153 e. The van der Waals surface area contributed by atoms with Gasteiger partial charge in [0.1, 0.15) is 10.8 Å². The van der Waals surface area contributed by atoms with Crippen LogP contribution >= 0.6 is 11.6 Å². The topological polar surface area (TPSA) is 9.23 Å². The zero-order valence-electron chi connectivity index (χ0n) is 20.2. The van der Waals surface area contributed by atoms with Gasteiger partial charge in [-0.3, -0.25) is 0 Å². The molecular formula is C31H34ClFO. The molecule has 0 radical (unpaired) electrons. The smallest absolute Gasteiger partial charge is 0.153 e. The Bertz CT molecular complexity index is 1120. The molecule has 0 saturated heterocycles. The van der Waals surface area contributed by atoms with Crippen molar-refractivity contribution in [2.75, 3.05) is 6.61 Å². The van der Waals surface area contributed by atoms with Crippen molar-refractivity contribution in [1.29, 1.82) is 0 Å². The second kappa shape index (κ2) is 11.7. The molecule has 1 unspecified atom stereocenters. The Hall–Kier alpha value is -2.58. The molecule has 0 heterocycles. The summed E-state index contributed by atoms with van der Waals surface area (Å²) in [6.07, 6.45) is 10.4. The van der Waals surface area contributed by atoms with E-state index in [0.29, 0.717) is 17.9 Å². The van der Waals surface area contributed by atoms with Crippen LogP contribution in [0.1, 0.15) is 64.4 Å². The van der Waals surface area contributed by atoms with E-state index in [0.717, 1.165) is 41.9 Å². The first-order valence-corrected chi connectivity index (χ1v) is 13.0. The minimum Gasteiger partial charge on any atom is -0.492 e. The normalized spacial score (nSPS) is 15.8. The van der Waals surface area contributed by atoms with Gasteiger partial charge in [-0.15, -0.1) is 0 Å². The number of hydrogen-bond acceptors (Lipinski definition) is 1. The highest BCUT2D eigenvalue weighted by Crippen LogP contribution is 2.36. The monoisotopic (exact) mass is 476 g/mol. The van der Waals surface area contributed by atoms with Crippen LogP contribution in [0, 0.1) is 11.7 Å². The summed E-state index contributed by atoms with van der Waals surface area (Å²) < 4.78 is 20.7. The second-order valence-electron chi connectivity index (χ2n) is 9.41. The lowest BCUT2D eigenvalue weighted by atomic mass is 9.87. The van der Waals surface area contributed by atoms with Crippen molar-refractivity contribution < 1.29 is 9.13 Å². The fourth-order valence-electron chi connectivity index (χ4n) is 4.52. The molecule has 3 aromatic carbocycles. The third kappa shape index (κ3) is 5.91. The van der Waals surface area contributed by atoms with Crippen molar-refractivity contribution in [2.24, 2.45) is 5.92 Å². The van der Waals surface area contributed by atoms with Crippen molar-refractivity contribution >= 4 is 17.2 Å². The quantitative estimate of drug-likeness (QED) is 0.279. The van der Waals surface area contributed by atoms with E-state index in [1.807, 2.05) is 24.3 Å². The van der Waals surface area contributed by atoms with Crippen molar-refractivity contribution in [2.45, 2.75) is 58.8 Å². The summed E-state index contributed by atoms with van der Waals surface area (Å²) in [6, 6.07) is 20.3. The Balaban J connectivity index is 1.44. The first-order valence-electron chi connectivity index (χ1n) is 12.6. The highest BCUT2D eigenvalue weighted by molar-refractivity contribution is 6.32. The number of unbranched alkanes of at least 4 members (excludes halogenated alkanes) is 3. The Morgan fingerprint density at radius 3 is 2.12 bits per heavy atom. The van der Waals surface area contributed by atoms with Crippen LogP contribution in [0.15, 0.2) is 66.7 Å². The summed E-state index contributed by atoms with van der Waals surface area (Å²) in [7, 11) is 0. The molecule has 1 aliphatic carbocycles. The number of ether oxygens (including phenoxy) is 1. The summed E-state index contributed by atoms with van der Waals surface area (Å²) in [5, 5.41) is 0.0547. The fraction of sp³-hybridized carbons (Fsp3) is 0.355. The lowest BCUT2D eigenvalue weighted by molar-refractivity contribution is 0.304. The molecule has 0 bridgehead atoms. The van der Waals surface area contributed by atoms with E-state index in [1.54, 1.807) is 12.1 Å². The summed E-state index contributed by atoms with van der Waals surface area (Å²) in [6.45, 7) is 5.05. The van der Waals surface area contributed by atoms with E-state index in [1.165, 1.54) is 36.8 Å². The summed E-state index contributed by atoms with van der Waals surface area (Å²) >= 11 is 6.30. The highest BCUT2D eigenvalue weighted by Gasteiger charge is 2.15. The highest BCUT2D eigenvalue weighted by atomic mass is 35.5. The van der Waals surface area contributed by atoms with Gasteiger partial charge in [-0.25, -0.2) is 4.39 Å². The largest absolute Gasteiger partial charge is 0.492 e. The lowest BCUT2D eigenvalue weighted by Gasteiger charge is -2.18. The van der Waals surface area contributed by atoms with Gasteiger partial charge in [-0.05, 0) is 71.6 Å². The predicted octanol–water partition coefficient (Wildman–Crippen LogP) is 9.98. The summed E-state index contributed by atoms with van der Waals surface area (Å²) in [5.41, 5.74) is 6.34. The first kappa shape index (κ1) is 24.5. The number of halogens is 2. The van der Waals surface area contributed by atoms with Crippen LogP contribution in [0.5, 0.6) is 5.75 Å². The number of hydrogen-bond donors (Lipinski definition) is 0. The molecule has 1 atom stereocenters. The van der Waals surface area contributed by atoms with Gasteiger partial charge in [-0.2, -0.15) is 0 Å². The summed E-state index contributed by atoms with van der Waals surface area (Å²) in [5.74, 6) is 0.777. The maximum absolute atomic E-state index is 15.0. The van der Waals surface area contributed by atoms with Crippen molar-refractivity contribution in [3.63, 3.8) is 0 Å². The zero-order valence-corrected chi connectivity index (χ0v) is 21.0. The first-order chi connectivity index (χ1) is 16.6. The average molecular weight is 477 g/mol. The lowest BCUT2D eigenvalue weighted by Crippen LogP contribution is -2.00. The molecule has 3 heteroatoms. The molecule has 0 saturated carbocycles. The minimum absolute atomic E-state index is 0.0547. The molecule has 0 spiro atoms. The number of rotatable bonds is 9. The van der Waals surface area contributed by atoms with Crippen LogP contribution in [0.3, 0.4) is 0 Å². The van der Waals surface area contributed by atoms with Gasteiger partial charge in [0.15, 0.2) is 5.82 Å². The Kier molecular flexibility index (Phi) is 8.45. The van der Waals surface area contributed by atoms with E-state index in [-0.39, 0.29) is 5.02 Å². The van der Waals surface area contributed by atoms with E-state index < -0.39 is 5.82 Å². The van der Waals surface area contributed by atoms with Gasteiger partial charge in [-0.1, -0.05) is 99.3 Å². The van der Waals surface area contributed by atoms with Crippen molar-refractivity contribution in [3.05, 3.63) is 83.1 Å². The molecule has 0 aliphatic heterocycles. The van der Waals surface area contributed by atoms with E-state index >= 15 is 4.39 Å². The zero-order chi connectivity index (χ0) is 23.9. The van der Waals surface area contributed by atoms with E-state index in [9.17, 15) is 0 Å². The third-order valence-corrected chi connectivity index (χ3v) is 7.11. The SMILES string of the molecule is CCCCCCOc1ccc(-c2ccc(-c3ccc(C4=CCC(C)CC4)cc3)cc2)c(F)c1Cl. The Morgan fingerprint density at radius 2 is 1.50 bits per heavy atom. The molecule has 1 nitrogen and oxygen atoms in total. The fourth-order valence-corrected chi connectivity index (χ4v) is 4.74. The molecule has 4 rings (SSSR count). The van der Waals surface area contributed by atoms with Gasteiger partial charge in [0.2, 0.25) is 0 Å². The van der Waals surface area contributed by atoms with Crippen molar-refractivity contribution in [1.82, 2.24) is 0 Å². The van der Waals surface area contributed by atoms with Crippen LogP contribution in [-0.2, 0) is 0 Å². The van der Waals surface area contributed by atoms with Crippen LogP contribution in [0.4, 0.5) is 4.39 Å². The molecule has 0 amide bonds. The maximum atomic E-state index is 15.0. The van der Waals surface area contributed by atoms with Gasteiger partial charge < -0.3 is 4.74 Å². The van der Waals surface area contributed by atoms with Crippen LogP contribution in [0.2, 0.25) is 5.02 Å². The molecule has 3 aromatic rings. The van der Waals surface area contributed by atoms with Gasteiger partial charge >= 0.3 is 0 Å². The number of allylic oxidation sites excluding steroid dienone is 2. The van der Waals surface area contributed by atoms with Gasteiger partial charge in [0, 0.05) is 5.56 Å². The minimum atomic E-state index is -0.431. The Morgan fingerprint density at radius 1 is 0.853 bits per heavy atom. The van der Waals surface area contributed by atoms with Crippen molar-refractivity contribution in [3.8, 4) is 28.0 Å². The van der Waals surface area contributed by atoms with Gasteiger partial charge in [0.05, 0.1) is 6.61 Å². The standard InChI is InChI=1S/C31H34ClFO/c1-3-4-5-6-21-34-29-20-19-28(31(33)30(29)32)27-17-15-26(16-18-27)25-13-11-24(12-14-25)23-9-7-22(2)8-10-23/h9,11-20,22H,3-8,10,21H2,1-2H3. The Labute approximate surface area is 208 Å². The average Bonchev–Trinajstić information content (AvgIpc) is 2.87. The summed E-state index contributed by atoms with van der Waals surface area (Å²) in [4.78, 5) is 0. The molecule has 0 fully saturated rings.